The molecule has 0 spiro atoms. The van der Waals surface area contributed by atoms with E-state index in [1.54, 1.807) is 12.1 Å². The average Bonchev–Trinajstić information content (AvgIpc) is 2.64. The average molecular weight is 348 g/mol. The molecule has 4 rings (SSSR count). The van der Waals surface area contributed by atoms with Crippen molar-refractivity contribution in [1.29, 1.82) is 0 Å². The Morgan fingerprint density at radius 2 is 1.81 bits per heavy atom. The molecule has 1 amide bonds. The van der Waals surface area contributed by atoms with Crippen molar-refractivity contribution in [3.8, 4) is 0 Å². The summed E-state index contributed by atoms with van der Waals surface area (Å²) in [5.74, 6) is 0.0290. The molecule has 0 saturated carbocycles. The van der Waals surface area contributed by atoms with Crippen molar-refractivity contribution in [1.82, 2.24) is 14.5 Å². The Hall–Kier alpha value is -2.99. The van der Waals surface area contributed by atoms with Crippen LogP contribution in [0.4, 0.5) is 0 Å². The Kier molecular flexibility index (Phi) is 4.26. The zero-order valence-electron chi connectivity index (χ0n) is 14.4. The third-order valence-electron chi connectivity index (χ3n) is 4.83. The van der Waals surface area contributed by atoms with E-state index in [2.05, 4.69) is 28.1 Å². The molecule has 2 N–H and O–H groups in total. The molecule has 26 heavy (non-hydrogen) atoms. The smallest absolute Gasteiger partial charge is 0.261 e. The molecule has 0 radical (unpaired) electrons. The third kappa shape index (κ3) is 3.11. The highest BCUT2D eigenvalue weighted by atomic mass is 16.2. The minimum absolute atomic E-state index is 0.156. The fourth-order valence-corrected chi connectivity index (χ4v) is 3.54. The second-order valence-corrected chi connectivity index (χ2v) is 6.63. The molecule has 2 heterocycles. The summed E-state index contributed by atoms with van der Waals surface area (Å²) in [5.41, 5.74) is 8.45. The van der Waals surface area contributed by atoms with Crippen LogP contribution in [0.15, 0.2) is 53.3 Å². The number of nitrogens with two attached hydrogens (primary N) is 1. The molecule has 0 unspecified atom stereocenters. The summed E-state index contributed by atoms with van der Waals surface area (Å²) in [5, 5.41) is 0.501. The monoisotopic (exact) mass is 348 g/mol. The maximum atomic E-state index is 12.8. The molecule has 6 nitrogen and oxygen atoms in total. The number of para-hydroxylation sites is 1. The van der Waals surface area contributed by atoms with Crippen molar-refractivity contribution in [2.24, 2.45) is 5.73 Å². The summed E-state index contributed by atoms with van der Waals surface area (Å²) >= 11 is 0. The van der Waals surface area contributed by atoms with Gasteiger partial charge in [0.15, 0.2) is 0 Å². The number of amides is 1. The predicted octanol–water partition coefficient (Wildman–Crippen LogP) is 1.44. The normalized spacial score (nSPS) is 14.3. The van der Waals surface area contributed by atoms with Crippen molar-refractivity contribution in [3.63, 3.8) is 0 Å². The lowest BCUT2D eigenvalue weighted by Gasteiger charge is -2.29. The molecule has 0 fully saturated rings. The first kappa shape index (κ1) is 16.5. The van der Waals surface area contributed by atoms with Gasteiger partial charge < -0.3 is 5.73 Å². The van der Waals surface area contributed by atoms with Crippen LogP contribution in [0.3, 0.4) is 0 Å². The molecule has 0 atom stereocenters. The molecule has 0 bridgehead atoms. The molecule has 0 aliphatic carbocycles. The first-order valence-electron chi connectivity index (χ1n) is 8.68. The van der Waals surface area contributed by atoms with Crippen molar-refractivity contribution in [2.45, 2.75) is 26.1 Å². The summed E-state index contributed by atoms with van der Waals surface area (Å²) in [6, 6.07) is 15.6. The zero-order valence-corrected chi connectivity index (χ0v) is 14.4. The van der Waals surface area contributed by atoms with E-state index in [0.717, 1.165) is 19.5 Å². The molecule has 0 saturated heterocycles. The lowest BCUT2D eigenvalue weighted by atomic mass is 10.00. The van der Waals surface area contributed by atoms with Gasteiger partial charge in [-0.25, -0.2) is 4.98 Å². The van der Waals surface area contributed by atoms with Gasteiger partial charge in [-0.15, -0.1) is 0 Å². The standard InChI is InChI=1S/C20H20N4O2/c21-18(25)12-24-19(22-17-8-4-3-7-16(17)20(24)26)13-23-10-9-14-5-1-2-6-15(14)11-23/h1-8H,9-13H2,(H2,21,25). The molecule has 1 aliphatic heterocycles. The number of fused-ring (bicyclic) bond motifs is 2. The number of aromatic nitrogens is 2. The van der Waals surface area contributed by atoms with Crippen molar-refractivity contribution < 1.29 is 4.79 Å². The fraction of sp³-hybridized carbons (Fsp3) is 0.250. The Morgan fingerprint density at radius 3 is 2.62 bits per heavy atom. The second kappa shape index (κ2) is 6.72. The SMILES string of the molecule is NC(=O)Cn1c(CN2CCc3ccccc3C2)nc2ccccc2c1=O. The molecular formula is C20H20N4O2. The van der Waals surface area contributed by atoms with Crippen LogP contribution in [-0.2, 0) is 30.8 Å². The Morgan fingerprint density at radius 1 is 1.08 bits per heavy atom. The van der Waals surface area contributed by atoms with E-state index in [1.807, 2.05) is 18.2 Å². The number of rotatable bonds is 4. The van der Waals surface area contributed by atoms with Gasteiger partial charge in [0.05, 0.1) is 17.4 Å². The Bertz CT molecular complexity index is 1040. The van der Waals surface area contributed by atoms with Gasteiger partial charge in [-0.1, -0.05) is 36.4 Å². The number of carbonyl (C=O) groups is 1. The number of nitrogens with zero attached hydrogens (tertiary/aromatic N) is 3. The highest BCUT2D eigenvalue weighted by Crippen LogP contribution is 2.20. The Labute approximate surface area is 150 Å². The van der Waals surface area contributed by atoms with E-state index < -0.39 is 5.91 Å². The minimum Gasteiger partial charge on any atom is -0.368 e. The highest BCUT2D eigenvalue weighted by Gasteiger charge is 2.19. The van der Waals surface area contributed by atoms with Gasteiger partial charge in [0.25, 0.3) is 5.56 Å². The Balaban J connectivity index is 1.71. The van der Waals surface area contributed by atoms with E-state index in [1.165, 1.54) is 15.7 Å². The van der Waals surface area contributed by atoms with E-state index in [9.17, 15) is 9.59 Å². The van der Waals surface area contributed by atoms with Crippen LogP contribution >= 0.6 is 0 Å². The van der Waals surface area contributed by atoms with Gasteiger partial charge in [0.1, 0.15) is 12.4 Å². The van der Waals surface area contributed by atoms with Crippen molar-refractivity contribution >= 4 is 16.8 Å². The van der Waals surface area contributed by atoms with Gasteiger partial charge in [-0.05, 0) is 29.7 Å². The van der Waals surface area contributed by atoms with Gasteiger partial charge in [0.2, 0.25) is 5.91 Å². The van der Waals surface area contributed by atoms with Gasteiger partial charge in [0, 0.05) is 13.1 Å². The van der Waals surface area contributed by atoms with E-state index >= 15 is 0 Å². The second-order valence-electron chi connectivity index (χ2n) is 6.63. The molecule has 3 aromatic rings. The zero-order chi connectivity index (χ0) is 18.1. The maximum Gasteiger partial charge on any atom is 0.261 e. The number of hydrogen-bond acceptors (Lipinski definition) is 4. The summed E-state index contributed by atoms with van der Waals surface area (Å²) in [4.78, 5) is 31.2. The topological polar surface area (TPSA) is 81.2 Å². The number of benzene rings is 2. The van der Waals surface area contributed by atoms with E-state index in [0.29, 0.717) is 23.3 Å². The fourth-order valence-electron chi connectivity index (χ4n) is 3.54. The summed E-state index contributed by atoms with van der Waals surface area (Å²) in [6.07, 6.45) is 0.962. The first-order valence-corrected chi connectivity index (χ1v) is 8.68. The lowest BCUT2D eigenvalue weighted by molar-refractivity contribution is -0.118. The van der Waals surface area contributed by atoms with E-state index in [4.69, 9.17) is 5.73 Å². The van der Waals surface area contributed by atoms with Crippen LogP contribution in [0.2, 0.25) is 0 Å². The number of primary amides is 1. The maximum absolute atomic E-state index is 12.8. The first-order chi connectivity index (χ1) is 12.6. The van der Waals surface area contributed by atoms with Crippen molar-refractivity contribution in [2.75, 3.05) is 6.54 Å². The van der Waals surface area contributed by atoms with Crippen LogP contribution in [-0.4, -0.2) is 26.9 Å². The quantitative estimate of drug-likeness (QED) is 0.774. The van der Waals surface area contributed by atoms with Crippen LogP contribution in [0.25, 0.3) is 10.9 Å². The molecule has 2 aromatic carbocycles. The van der Waals surface area contributed by atoms with Crippen LogP contribution in [0, 0.1) is 0 Å². The molecule has 6 heteroatoms. The molecule has 132 valence electrons. The largest absolute Gasteiger partial charge is 0.368 e. The number of hydrogen-bond donors (Lipinski definition) is 1. The summed E-state index contributed by atoms with van der Waals surface area (Å²) < 4.78 is 1.41. The van der Waals surface area contributed by atoms with Crippen LogP contribution < -0.4 is 11.3 Å². The van der Waals surface area contributed by atoms with Gasteiger partial charge in [-0.2, -0.15) is 0 Å². The van der Waals surface area contributed by atoms with Crippen LogP contribution in [0.5, 0.6) is 0 Å². The van der Waals surface area contributed by atoms with Crippen molar-refractivity contribution in [3.05, 3.63) is 75.8 Å². The summed E-state index contributed by atoms with van der Waals surface area (Å²) in [6.45, 7) is 2.03. The number of carbonyl (C=O) groups excluding carboxylic acids is 1. The van der Waals surface area contributed by atoms with Gasteiger partial charge in [-0.3, -0.25) is 19.1 Å². The molecular weight excluding hydrogens is 328 g/mol. The van der Waals surface area contributed by atoms with Crippen LogP contribution in [0.1, 0.15) is 17.0 Å². The summed E-state index contributed by atoms with van der Waals surface area (Å²) in [7, 11) is 0. The third-order valence-corrected chi connectivity index (χ3v) is 4.83. The highest BCUT2D eigenvalue weighted by molar-refractivity contribution is 5.78. The van der Waals surface area contributed by atoms with Gasteiger partial charge >= 0.3 is 0 Å². The molecule has 1 aliphatic rings. The van der Waals surface area contributed by atoms with E-state index in [-0.39, 0.29) is 12.1 Å². The molecule has 1 aromatic heterocycles. The minimum atomic E-state index is -0.547. The lowest BCUT2D eigenvalue weighted by Crippen LogP contribution is -2.36. The predicted molar refractivity (Wildman–Crippen MR) is 99.5 cm³/mol.